The van der Waals surface area contributed by atoms with E-state index in [1.165, 1.54) is 0 Å². The van der Waals surface area contributed by atoms with Gasteiger partial charge in [0.2, 0.25) is 5.91 Å². The number of nitrogens with zero attached hydrogens (tertiary/aromatic N) is 3. The lowest BCUT2D eigenvalue weighted by molar-refractivity contribution is -0.122. The molecule has 6 nitrogen and oxygen atoms in total. The number of thiol groups is 1. The van der Waals surface area contributed by atoms with E-state index in [-0.39, 0.29) is 16.9 Å². The molecule has 1 aromatic heterocycles. The average molecular weight is 328 g/mol. The van der Waals surface area contributed by atoms with Crippen molar-refractivity contribution in [3.05, 3.63) is 11.9 Å². The van der Waals surface area contributed by atoms with Gasteiger partial charge in [0, 0.05) is 18.2 Å². The Balaban J connectivity index is 2.20. The highest BCUT2D eigenvalue weighted by molar-refractivity contribution is 7.80. The van der Waals surface area contributed by atoms with Crippen molar-refractivity contribution in [2.75, 3.05) is 6.61 Å². The van der Waals surface area contributed by atoms with Crippen molar-refractivity contribution in [3.8, 4) is 0 Å². The summed E-state index contributed by atoms with van der Waals surface area (Å²) in [6.07, 6.45) is 2.92. The van der Waals surface area contributed by atoms with Gasteiger partial charge in [-0.25, -0.2) is 4.68 Å². The van der Waals surface area contributed by atoms with Crippen LogP contribution in [0.1, 0.15) is 59.1 Å². The standard InChI is InChI=1S/C15H28N4O2S/c1-11(2)12-10-19(18-17-12)8-9-21-14(22)7-6-13(20)16-15(3,4)5/h10-11,14,22H,6-9H2,1-5H3,(H,16,20). The number of amides is 1. The van der Waals surface area contributed by atoms with Crippen LogP contribution in [-0.4, -0.2) is 38.5 Å². The van der Waals surface area contributed by atoms with Crippen LogP contribution < -0.4 is 5.32 Å². The Bertz CT molecular complexity index is 468. The summed E-state index contributed by atoms with van der Waals surface area (Å²) in [5.41, 5.74) is 0.519. The quantitative estimate of drug-likeness (QED) is 0.568. The van der Waals surface area contributed by atoms with Crippen molar-refractivity contribution in [1.82, 2.24) is 20.3 Å². The molecule has 1 N–H and O–H groups in total. The molecule has 0 aliphatic heterocycles. The van der Waals surface area contributed by atoms with Gasteiger partial charge in [-0.05, 0) is 33.1 Å². The molecule has 126 valence electrons. The first-order valence-electron chi connectivity index (χ1n) is 7.68. The van der Waals surface area contributed by atoms with Crippen molar-refractivity contribution in [1.29, 1.82) is 0 Å². The molecule has 0 aliphatic carbocycles. The molecular formula is C15H28N4O2S. The summed E-state index contributed by atoms with van der Waals surface area (Å²) >= 11 is 4.35. The van der Waals surface area contributed by atoms with Crippen LogP contribution >= 0.6 is 12.6 Å². The number of ether oxygens (including phenoxy) is 1. The lowest BCUT2D eigenvalue weighted by atomic mass is 10.1. The predicted molar refractivity (Wildman–Crippen MR) is 90.0 cm³/mol. The third kappa shape index (κ3) is 7.79. The smallest absolute Gasteiger partial charge is 0.220 e. The Morgan fingerprint density at radius 3 is 2.68 bits per heavy atom. The normalized spacial score (nSPS) is 13.4. The number of hydrogen-bond donors (Lipinski definition) is 2. The van der Waals surface area contributed by atoms with Crippen molar-refractivity contribution in [2.45, 2.75) is 70.9 Å². The Morgan fingerprint density at radius 1 is 1.45 bits per heavy atom. The molecule has 0 spiro atoms. The van der Waals surface area contributed by atoms with Crippen molar-refractivity contribution < 1.29 is 9.53 Å². The molecule has 0 radical (unpaired) electrons. The van der Waals surface area contributed by atoms with Crippen LogP contribution in [0.4, 0.5) is 0 Å². The third-order valence-electron chi connectivity index (χ3n) is 2.91. The number of hydrogen-bond acceptors (Lipinski definition) is 5. The molecule has 1 aromatic rings. The van der Waals surface area contributed by atoms with E-state index in [0.717, 1.165) is 5.69 Å². The molecule has 1 amide bonds. The summed E-state index contributed by atoms with van der Waals surface area (Å²) in [4.78, 5) is 11.7. The fourth-order valence-corrected chi connectivity index (χ4v) is 2.02. The minimum absolute atomic E-state index is 0.0213. The summed E-state index contributed by atoms with van der Waals surface area (Å²) in [7, 11) is 0. The molecule has 1 heterocycles. The molecule has 0 saturated carbocycles. The van der Waals surface area contributed by atoms with E-state index in [2.05, 4.69) is 42.1 Å². The molecule has 0 aliphatic rings. The highest BCUT2D eigenvalue weighted by Crippen LogP contribution is 2.10. The zero-order chi connectivity index (χ0) is 16.8. The van der Waals surface area contributed by atoms with Gasteiger partial charge in [0.05, 0.1) is 18.8 Å². The van der Waals surface area contributed by atoms with E-state index in [1.54, 1.807) is 4.68 Å². The molecule has 0 fully saturated rings. The monoisotopic (exact) mass is 328 g/mol. The van der Waals surface area contributed by atoms with Crippen molar-refractivity contribution in [3.63, 3.8) is 0 Å². The fraction of sp³-hybridized carbons (Fsp3) is 0.800. The van der Waals surface area contributed by atoms with E-state index in [1.807, 2.05) is 27.0 Å². The lowest BCUT2D eigenvalue weighted by Gasteiger charge is -2.21. The zero-order valence-corrected chi connectivity index (χ0v) is 15.1. The van der Waals surface area contributed by atoms with Gasteiger partial charge in [0.1, 0.15) is 5.44 Å². The molecule has 22 heavy (non-hydrogen) atoms. The zero-order valence-electron chi connectivity index (χ0n) is 14.2. The van der Waals surface area contributed by atoms with E-state index >= 15 is 0 Å². The summed E-state index contributed by atoms with van der Waals surface area (Å²) < 4.78 is 7.36. The van der Waals surface area contributed by atoms with Gasteiger partial charge < -0.3 is 10.1 Å². The van der Waals surface area contributed by atoms with Gasteiger partial charge in [-0.1, -0.05) is 19.1 Å². The van der Waals surface area contributed by atoms with Crippen LogP contribution in [0.25, 0.3) is 0 Å². The lowest BCUT2D eigenvalue weighted by Crippen LogP contribution is -2.40. The number of aromatic nitrogens is 3. The molecule has 7 heteroatoms. The Hall–Kier alpha value is -1.08. The molecule has 1 rings (SSSR count). The fourth-order valence-electron chi connectivity index (χ4n) is 1.79. The van der Waals surface area contributed by atoms with Crippen LogP contribution in [0.5, 0.6) is 0 Å². The molecule has 1 atom stereocenters. The second-order valence-corrected chi connectivity index (χ2v) is 7.30. The Labute approximate surface area is 138 Å². The molecule has 0 aromatic carbocycles. The Morgan fingerprint density at radius 2 is 2.14 bits per heavy atom. The van der Waals surface area contributed by atoms with Crippen LogP contribution in [0, 0.1) is 0 Å². The topological polar surface area (TPSA) is 69.0 Å². The molecular weight excluding hydrogens is 300 g/mol. The van der Waals surface area contributed by atoms with Crippen LogP contribution in [0.15, 0.2) is 6.20 Å². The van der Waals surface area contributed by atoms with Crippen LogP contribution in [0.2, 0.25) is 0 Å². The Kier molecular flexibility index (Phi) is 7.35. The predicted octanol–water partition coefficient (Wildman–Crippen LogP) is 2.37. The molecule has 0 bridgehead atoms. The van der Waals surface area contributed by atoms with Crippen LogP contribution in [0.3, 0.4) is 0 Å². The van der Waals surface area contributed by atoms with Gasteiger partial charge in [-0.15, -0.1) is 17.7 Å². The van der Waals surface area contributed by atoms with Gasteiger partial charge in [-0.3, -0.25) is 4.79 Å². The van der Waals surface area contributed by atoms with Gasteiger partial charge in [-0.2, -0.15) is 0 Å². The SMILES string of the molecule is CC(C)c1cn(CCOC(S)CCC(=O)NC(C)(C)C)nn1. The highest BCUT2D eigenvalue weighted by Gasteiger charge is 2.15. The van der Waals surface area contributed by atoms with Gasteiger partial charge in [0.25, 0.3) is 0 Å². The van der Waals surface area contributed by atoms with E-state index in [9.17, 15) is 4.79 Å². The molecule has 0 saturated heterocycles. The summed E-state index contributed by atoms with van der Waals surface area (Å²) in [6.45, 7) is 11.2. The van der Waals surface area contributed by atoms with Crippen molar-refractivity contribution in [2.24, 2.45) is 0 Å². The number of nitrogens with one attached hydrogen (secondary N) is 1. The summed E-state index contributed by atoms with van der Waals surface area (Å²) in [5.74, 6) is 0.390. The first-order chi connectivity index (χ1) is 10.2. The van der Waals surface area contributed by atoms with Gasteiger partial charge >= 0.3 is 0 Å². The number of carbonyl (C=O) groups is 1. The number of carbonyl (C=O) groups excluding carboxylic acids is 1. The maximum absolute atomic E-state index is 11.7. The van der Waals surface area contributed by atoms with Gasteiger partial charge in [0.15, 0.2) is 0 Å². The first kappa shape index (κ1) is 19.0. The van der Waals surface area contributed by atoms with Crippen LogP contribution in [-0.2, 0) is 16.1 Å². The van der Waals surface area contributed by atoms with E-state index < -0.39 is 0 Å². The summed E-state index contributed by atoms with van der Waals surface area (Å²) in [6, 6.07) is 0. The second-order valence-electron chi connectivity index (χ2n) is 6.72. The van der Waals surface area contributed by atoms with Crippen molar-refractivity contribution >= 4 is 18.5 Å². The highest BCUT2D eigenvalue weighted by atomic mass is 32.1. The first-order valence-corrected chi connectivity index (χ1v) is 8.19. The van der Waals surface area contributed by atoms with E-state index in [0.29, 0.717) is 31.9 Å². The minimum Gasteiger partial charge on any atom is -0.366 e. The maximum atomic E-state index is 11.7. The maximum Gasteiger partial charge on any atom is 0.220 e. The van der Waals surface area contributed by atoms with E-state index in [4.69, 9.17) is 4.74 Å². The third-order valence-corrected chi connectivity index (χ3v) is 3.32. The largest absolute Gasteiger partial charge is 0.366 e. The minimum atomic E-state index is -0.251. The number of rotatable bonds is 8. The second kappa shape index (κ2) is 8.53. The molecule has 1 unspecified atom stereocenters. The summed E-state index contributed by atoms with van der Waals surface area (Å²) in [5, 5.41) is 11.1. The average Bonchev–Trinajstić information content (AvgIpc) is 2.83.